The Balaban J connectivity index is 1.89. The number of nitrogens with one attached hydrogen (secondary N) is 1. The second kappa shape index (κ2) is 5.29. The molecule has 1 saturated carbocycles. The topological polar surface area (TPSA) is 49.4 Å². The molecule has 1 heterocycles. The van der Waals surface area contributed by atoms with E-state index in [1.807, 2.05) is 13.8 Å². The van der Waals surface area contributed by atoms with E-state index in [1.54, 1.807) is 4.90 Å². The van der Waals surface area contributed by atoms with E-state index in [0.717, 1.165) is 12.3 Å². The Morgan fingerprint density at radius 3 is 2.72 bits per heavy atom. The standard InChI is InChI=1S/C14H24N2O2/c1-14(2)13(18)15-9-10-16(14)12(17)8-7-11-5-3-4-6-11/h11H,3-10H2,1-2H3,(H,15,18). The third-order valence-electron chi connectivity index (χ3n) is 4.39. The molecule has 2 aliphatic rings. The predicted molar refractivity (Wildman–Crippen MR) is 70.0 cm³/mol. The van der Waals surface area contributed by atoms with Crippen LogP contribution < -0.4 is 5.32 Å². The second-order valence-corrected chi connectivity index (χ2v) is 6.05. The number of amides is 2. The van der Waals surface area contributed by atoms with Crippen molar-refractivity contribution in [1.29, 1.82) is 0 Å². The number of piperazine rings is 1. The number of carbonyl (C=O) groups is 2. The summed E-state index contributed by atoms with van der Waals surface area (Å²) in [5.74, 6) is 0.834. The van der Waals surface area contributed by atoms with E-state index < -0.39 is 5.54 Å². The van der Waals surface area contributed by atoms with Crippen LogP contribution >= 0.6 is 0 Å². The van der Waals surface area contributed by atoms with Crippen LogP contribution in [0.3, 0.4) is 0 Å². The normalized spacial score (nSPS) is 24.1. The Labute approximate surface area is 109 Å². The number of hydrogen-bond donors (Lipinski definition) is 1. The molecule has 2 amide bonds. The molecule has 0 aromatic rings. The summed E-state index contributed by atoms with van der Waals surface area (Å²) in [5, 5.41) is 2.82. The number of nitrogens with zero attached hydrogens (tertiary/aromatic N) is 1. The average molecular weight is 252 g/mol. The van der Waals surface area contributed by atoms with Crippen LogP contribution in [0.25, 0.3) is 0 Å². The van der Waals surface area contributed by atoms with Gasteiger partial charge in [0.2, 0.25) is 11.8 Å². The van der Waals surface area contributed by atoms with Gasteiger partial charge in [-0.1, -0.05) is 25.7 Å². The van der Waals surface area contributed by atoms with E-state index in [1.165, 1.54) is 25.7 Å². The molecule has 0 atom stereocenters. The van der Waals surface area contributed by atoms with Crippen molar-refractivity contribution in [1.82, 2.24) is 10.2 Å². The maximum absolute atomic E-state index is 12.3. The van der Waals surface area contributed by atoms with Gasteiger partial charge in [-0.2, -0.15) is 0 Å². The first-order chi connectivity index (χ1) is 8.51. The first-order valence-electron chi connectivity index (χ1n) is 7.10. The van der Waals surface area contributed by atoms with E-state index >= 15 is 0 Å². The molecule has 1 aliphatic heterocycles. The molecule has 0 bridgehead atoms. The van der Waals surface area contributed by atoms with Gasteiger partial charge in [-0.3, -0.25) is 9.59 Å². The lowest BCUT2D eigenvalue weighted by Crippen LogP contribution is -2.63. The van der Waals surface area contributed by atoms with Crippen LogP contribution in [-0.4, -0.2) is 35.3 Å². The maximum atomic E-state index is 12.3. The minimum Gasteiger partial charge on any atom is -0.352 e. The average Bonchev–Trinajstić information content (AvgIpc) is 2.82. The summed E-state index contributed by atoms with van der Waals surface area (Å²) in [6.07, 6.45) is 6.77. The molecule has 1 aliphatic carbocycles. The van der Waals surface area contributed by atoms with Crippen molar-refractivity contribution in [2.75, 3.05) is 13.1 Å². The van der Waals surface area contributed by atoms with E-state index in [-0.39, 0.29) is 11.8 Å². The molecule has 4 nitrogen and oxygen atoms in total. The van der Waals surface area contributed by atoms with Gasteiger partial charge in [-0.25, -0.2) is 0 Å². The van der Waals surface area contributed by atoms with Crippen molar-refractivity contribution in [2.24, 2.45) is 5.92 Å². The summed E-state index contributed by atoms with van der Waals surface area (Å²) in [5.41, 5.74) is -0.689. The molecule has 102 valence electrons. The highest BCUT2D eigenvalue weighted by Gasteiger charge is 2.40. The Morgan fingerprint density at radius 1 is 1.39 bits per heavy atom. The molecule has 2 fully saturated rings. The SMILES string of the molecule is CC1(C)C(=O)NCCN1C(=O)CCC1CCCC1. The molecule has 1 N–H and O–H groups in total. The summed E-state index contributed by atoms with van der Waals surface area (Å²) in [7, 11) is 0. The van der Waals surface area contributed by atoms with Gasteiger partial charge in [0.15, 0.2) is 0 Å². The highest BCUT2D eigenvalue weighted by Crippen LogP contribution is 2.29. The molecule has 4 heteroatoms. The molecule has 0 aromatic heterocycles. The van der Waals surface area contributed by atoms with Crippen molar-refractivity contribution in [3.05, 3.63) is 0 Å². The molecular weight excluding hydrogens is 228 g/mol. The van der Waals surface area contributed by atoms with E-state index in [4.69, 9.17) is 0 Å². The molecule has 0 aromatic carbocycles. The van der Waals surface area contributed by atoms with Crippen LogP contribution in [0.5, 0.6) is 0 Å². The predicted octanol–water partition coefficient (Wildman–Crippen LogP) is 1.69. The number of carbonyl (C=O) groups excluding carboxylic acids is 2. The molecule has 0 radical (unpaired) electrons. The van der Waals surface area contributed by atoms with Gasteiger partial charge < -0.3 is 10.2 Å². The largest absolute Gasteiger partial charge is 0.352 e. The van der Waals surface area contributed by atoms with Crippen LogP contribution in [-0.2, 0) is 9.59 Å². The molecule has 18 heavy (non-hydrogen) atoms. The van der Waals surface area contributed by atoms with E-state index in [2.05, 4.69) is 5.32 Å². The highest BCUT2D eigenvalue weighted by atomic mass is 16.2. The Morgan fingerprint density at radius 2 is 2.06 bits per heavy atom. The molecule has 1 saturated heterocycles. The fourth-order valence-corrected chi connectivity index (χ4v) is 3.10. The number of hydrogen-bond acceptors (Lipinski definition) is 2. The smallest absolute Gasteiger partial charge is 0.245 e. The highest BCUT2D eigenvalue weighted by molar-refractivity contribution is 5.91. The fourth-order valence-electron chi connectivity index (χ4n) is 3.10. The van der Waals surface area contributed by atoms with Crippen LogP contribution in [0.1, 0.15) is 52.4 Å². The number of rotatable bonds is 3. The summed E-state index contributed by atoms with van der Waals surface area (Å²) in [4.78, 5) is 25.8. The first-order valence-corrected chi connectivity index (χ1v) is 7.10. The zero-order valence-electron chi connectivity index (χ0n) is 11.5. The second-order valence-electron chi connectivity index (χ2n) is 6.05. The lowest BCUT2D eigenvalue weighted by atomic mass is 9.96. The zero-order valence-corrected chi connectivity index (χ0v) is 11.5. The molecule has 0 spiro atoms. The van der Waals surface area contributed by atoms with Gasteiger partial charge in [0.25, 0.3) is 0 Å². The maximum Gasteiger partial charge on any atom is 0.245 e. The van der Waals surface area contributed by atoms with E-state index in [0.29, 0.717) is 19.5 Å². The molecule has 0 unspecified atom stereocenters. The van der Waals surface area contributed by atoms with Crippen molar-refractivity contribution < 1.29 is 9.59 Å². The lowest BCUT2D eigenvalue weighted by molar-refractivity contribution is -0.149. The van der Waals surface area contributed by atoms with Gasteiger partial charge in [0, 0.05) is 19.5 Å². The van der Waals surface area contributed by atoms with Gasteiger partial charge in [0.05, 0.1) is 0 Å². The van der Waals surface area contributed by atoms with Crippen molar-refractivity contribution >= 4 is 11.8 Å². The van der Waals surface area contributed by atoms with Crippen molar-refractivity contribution in [2.45, 2.75) is 57.9 Å². The van der Waals surface area contributed by atoms with Crippen LogP contribution in [0.2, 0.25) is 0 Å². The zero-order chi connectivity index (χ0) is 13.2. The Kier molecular flexibility index (Phi) is 3.93. The Hall–Kier alpha value is -1.06. The van der Waals surface area contributed by atoms with Crippen LogP contribution in [0, 0.1) is 5.92 Å². The fraction of sp³-hybridized carbons (Fsp3) is 0.857. The quantitative estimate of drug-likeness (QED) is 0.831. The summed E-state index contributed by atoms with van der Waals surface area (Å²) < 4.78 is 0. The third kappa shape index (κ3) is 2.68. The van der Waals surface area contributed by atoms with Gasteiger partial charge in [-0.15, -0.1) is 0 Å². The molecule has 2 rings (SSSR count). The van der Waals surface area contributed by atoms with Crippen molar-refractivity contribution in [3.63, 3.8) is 0 Å². The minimum atomic E-state index is -0.689. The summed E-state index contributed by atoms with van der Waals surface area (Å²) in [6.45, 7) is 4.88. The van der Waals surface area contributed by atoms with E-state index in [9.17, 15) is 9.59 Å². The molecular formula is C14H24N2O2. The summed E-state index contributed by atoms with van der Waals surface area (Å²) in [6, 6.07) is 0. The lowest BCUT2D eigenvalue weighted by Gasteiger charge is -2.41. The van der Waals surface area contributed by atoms with Crippen LogP contribution in [0.15, 0.2) is 0 Å². The van der Waals surface area contributed by atoms with Crippen LogP contribution in [0.4, 0.5) is 0 Å². The van der Waals surface area contributed by atoms with Gasteiger partial charge in [0.1, 0.15) is 5.54 Å². The summed E-state index contributed by atoms with van der Waals surface area (Å²) >= 11 is 0. The third-order valence-corrected chi connectivity index (χ3v) is 4.39. The van der Waals surface area contributed by atoms with Gasteiger partial charge >= 0.3 is 0 Å². The van der Waals surface area contributed by atoms with Crippen molar-refractivity contribution in [3.8, 4) is 0 Å². The van der Waals surface area contributed by atoms with Gasteiger partial charge in [-0.05, 0) is 26.2 Å². The Bertz CT molecular complexity index is 333. The first kappa shape index (κ1) is 13.4. The monoisotopic (exact) mass is 252 g/mol. The minimum absolute atomic E-state index is 0.0389.